The van der Waals surface area contributed by atoms with E-state index >= 15 is 0 Å². The third-order valence-electron chi connectivity index (χ3n) is 3.62. The summed E-state index contributed by atoms with van der Waals surface area (Å²) in [7, 11) is -4.28. The SMILES string of the molecule is COc1cccc(C(=O)c2cccc(C)c2)c1CNS(=O)(=O)C(F)(F)F. The first-order valence-electron chi connectivity index (χ1n) is 7.40. The maximum atomic E-state index is 12.8. The van der Waals surface area contributed by atoms with Crippen LogP contribution in [0.1, 0.15) is 27.0 Å². The van der Waals surface area contributed by atoms with Crippen molar-refractivity contribution >= 4 is 15.8 Å². The van der Waals surface area contributed by atoms with Crippen LogP contribution in [0.3, 0.4) is 0 Å². The number of alkyl halides is 3. The van der Waals surface area contributed by atoms with Crippen molar-refractivity contribution in [3.8, 4) is 5.75 Å². The van der Waals surface area contributed by atoms with Crippen LogP contribution in [0.25, 0.3) is 0 Å². The molecule has 140 valence electrons. The minimum atomic E-state index is -5.55. The van der Waals surface area contributed by atoms with Crippen LogP contribution in [-0.4, -0.2) is 26.8 Å². The Bertz CT molecular complexity index is 924. The van der Waals surface area contributed by atoms with Crippen LogP contribution >= 0.6 is 0 Å². The number of hydrogen-bond acceptors (Lipinski definition) is 4. The van der Waals surface area contributed by atoms with Crippen LogP contribution in [0.2, 0.25) is 0 Å². The smallest absolute Gasteiger partial charge is 0.496 e. The van der Waals surface area contributed by atoms with Crippen molar-refractivity contribution in [2.75, 3.05) is 7.11 Å². The van der Waals surface area contributed by atoms with Crippen LogP contribution in [0.5, 0.6) is 5.75 Å². The molecule has 2 aromatic carbocycles. The number of carbonyl (C=O) groups excluding carboxylic acids is 1. The van der Waals surface area contributed by atoms with E-state index < -0.39 is 27.9 Å². The second-order valence-electron chi connectivity index (χ2n) is 5.46. The highest BCUT2D eigenvalue weighted by atomic mass is 32.2. The summed E-state index contributed by atoms with van der Waals surface area (Å²) in [6.45, 7) is 1.06. The standard InChI is InChI=1S/C17H16F3NO4S/c1-11-5-3-6-12(9-11)16(22)13-7-4-8-15(25-2)14(13)10-21-26(23,24)17(18,19)20/h3-9,21H,10H2,1-2H3. The maximum Gasteiger partial charge on any atom is 0.511 e. The van der Waals surface area contributed by atoms with Crippen LogP contribution < -0.4 is 9.46 Å². The van der Waals surface area contributed by atoms with Crippen molar-refractivity contribution in [2.45, 2.75) is 19.0 Å². The third-order valence-corrected chi connectivity index (χ3v) is 4.76. The molecule has 0 saturated carbocycles. The molecule has 5 nitrogen and oxygen atoms in total. The molecule has 2 rings (SSSR count). The molecule has 0 aliphatic carbocycles. The summed E-state index contributed by atoms with van der Waals surface area (Å²) in [5.74, 6) is -0.345. The first-order valence-corrected chi connectivity index (χ1v) is 8.88. The number of methoxy groups -OCH3 is 1. The Balaban J connectivity index is 2.44. The molecule has 0 spiro atoms. The highest BCUT2D eigenvalue weighted by Gasteiger charge is 2.45. The summed E-state index contributed by atoms with van der Waals surface area (Å²) in [6, 6.07) is 11.0. The van der Waals surface area contributed by atoms with Gasteiger partial charge in [0.15, 0.2) is 5.78 Å². The molecule has 0 unspecified atom stereocenters. The van der Waals surface area contributed by atoms with Gasteiger partial charge in [0, 0.05) is 23.2 Å². The van der Waals surface area contributed by atoms with Crippen LogP contribution in [-0.2, 0) is 16.6 Å². The molecule has 0 aliphatic heterocycles. The van der Waals surface area contributed by atoms with Gasteiger partial charge in [0.05, 0.1) is 7.11 Å². The van der Waals surface area contributed by atoms with E-state index in [9.17, 15) is 26.4 Å². The number of carbonyl (C=O) groups is 1. The number of ketones is 1. The van der Waals surface area contributed by atoms with Crippen LogP contribution in [0.4, 0.5) is 13.2 Å². The van der Waals surface area contributed by atoms with Crippen LogP contribution in [0.15, 0.2) is 42.5 Å². The summed E-state index contributed by atoms with van der Waals surface area (Å²) in [5, 5.41) is 0. The topological polar surface area (TPSA) is 72.5 Å². The summed E-state index contributed by atoms with van der Waals surface area (Å²) >= 11 is 0. The molecule has 9 heteroatoms. The van der Waals surface area contributed by atoms with Gasteiger partial charge < -0.3 is 4.74 Å². The van der Waals surface area contributed by atoms with E-state index in [2.05, 4.69) is 0 Å². The summed E-state index contributed by atoms with van der Waals surface area (Å²) in [4.78, 5) is 12.8. The summed E-state index contributed by atoms with van der Waals surface area (Å²) < 4.78 is 66.7. The van der Waals surface area contributed by atoms with Gasteiger partial charge in [0.25, 0.3) is 0 Å². The highest BCUT2D eigenvalue weighted by molar-refractivity contribution is 7.90. The first kappa shape index (κ1) is 19.9. The normalized spacial score (nSPS) is 12.0. The van der Waals surface area contributed by atoms with Crippen molar-refractivity contribution in [1.82, 2.24) is 4.72 Å². The van der Waals surface area contributed by atoms with Gasteiger partial charge in [0.2, 0.25) is 0 Å². The predicted molar refractivity (Wildman–Crippen MR) is 89.4 cm³/mol. The lowest BCUT2D eigenvalue weighted by Crippen LogP contribution is -2.36. The number of rotatable bonds is 6. The quantitative estimate of drug-likeness (QED) is 0.773. The number of hydrogen-bond donors (Lipinski definition) is 1. The lowest BCUT2D eigenvalue weighted by molar-refractivity contribution is -0.0448. The second kappa shape index (κ2) is 7.46. The predicted octanol–water partition coefficient (Wildman–Crippen LogP) is 3.17. The second-order valence-corrected chi connectivity index (χ2v) is 7.21. The number of aryl methyl sites for hydroxylation is 1. The van der Waals surface area contributed by atoms with Crippen molar-refractivity contribution in [3.05, 3.63) is 64.7 Å². The molecule has 0 atom stereocenters. The van der Waals surface area contributed by atoms with Gasteiger partial charge in [-0.05, 0) is 19.1 Å². The summed E-state index contributed by atoms with van der Waals surface area (Å²) in [5.41, 5.74) is -4.21. The number of halogens is 3. The fourth-order valence-electron chi connectivity index (χ4n) is 2.34. The number of benzene rings is 2. The average molecular weight is 387 g/mol. The molecule has 0 radical (unpaired) electrons. The Morgan fingerprint density at radius 1 is 1.15 bits per heavy atom. The van der Waals surface area contributed by atoms with Crippen molar-refractivity contribution in [3.63, 3.8) is 0 Å². The Morgan fingerprint density at radius 3 is 2.38 bits per heavy atom. The zero-order valence-electron chi connectivity index (χ0n) is 13.9. The first-order chi connectivity index (χ1) is 12.1. The number of sulfonamides is 1. The molecular formula is C17H16F3NO4S. The van der Waals surface area contributed by atoms with Gasteiger partial charge in [-0.2, -0.15) is 13.2 Å². The Kier molecular flexibility index (Phi) is 5.72. The average Bonchev–Trinajstić information content (AvgIpc) is 2.58. The third kappa shape index (κ3) is 4.23. The minimum absolute atomic E-state index is 0.0225. The van der Waals surface area contributed by atoms with Gasteiger partial charge in [-0.15, -0.1) is 0 Å². The maximum absolute atomic E-state index is 12.8. The van der Waals surface area contributed by atoms with E-state index in [0.717, 1.165) is 5.56 Å². The fourth-order valence-corrected chi connectivity index (χ4v) is 2.84. The van der Waals surface area contributed by atoms with Gasteiger partial charge >= 0.3 is 15.5 Å². The summed E-state index contributed by atoms with van der Waals surface area (Å²) in [6.07, 6.45) is 0. The number of nitrogens with one attached hydrogen (secondary N) is 1. The zero-order valence-corrected chi connectivity index (χ0v) is 14.7. The fraction of sp³-hybridized carbons (Fsp3) is 0.235. The van der Waals surface area contributed by atoms with Crippen molar-refractivity contribution in [2.24, 2.45) is 0 Å². The van der Waals surface area contributed by atoms with E-state index in [0.29, 0.717) is 5.56 Å². The molecule has 1 N–H and O–H groups in total. The monoisotopic (exact) mass is 387 g/mol. The van der Waals surface area contributed by atoms with Gasteiger partial charge in [-0.1, -0.05) is 35.9 Å². The molecule has 0 amide bonds. The lowest BCUT2D eigenvalue weighted by Gasteiger charge is -2.15. The van der Waals surface area contributed by atoms with E-state index in [1.807, 2.05) is 0 Å². The van der Waals surface area contributed by atoms with Crippen LogP contribution in [0, 0.1) is 6.92 Å². The largest absolute Gasteiger partial charge is 0.511 e. The minimum Gasteiger partial charge on any atom is -0.496 e. The van der Waals surface area contributed by atoms with E-state index in [4.69, 9.17) is 4.74 Å². The van der Waals surface area contributed by atoms with Gasteiger partial charge in [-0.3, -0.25) is 4.79 Å². The van der Waals surface area contributed by atoms with Crippen molar-refractivity contribution < 1.29 is 31.1 Å². The van der Waals surface area contributed by atoms with Gasteiger partial charge in [0.1, 0.15) is 5.75 Å². The highest BCUT2D eigenvalue weighted by Crippen LogP contribution is 2.27. The van der Waals surface area contributed by atoms with E-state index in [1.54, 1.807) is 31.2 Å². The Labute approximate surface area is 148 Å². The molecule has 0 fully saturated rings. The molecule has 0 aromatic heterocycles. The molecule has 0 heterocycles. The molecular weight excluding hydrogens is 371 g/mol. The molecule has 26 heavy (non-hydrogen) atoms. The van der Waals surface area contributed by atoms with Gasteiger partial charge in [-0.25, -0.2) is 13.1 Å². The molecule has 2 aromatic rings. The van der Waals surface area contributed by atoms with E-state index in [-0.39, 0.29) is 16.9 Å². The van der Waals surface area contributed by atoms with E-state index in [1.165, 1.54) is 30.0 Å². The zero-order chi connectivity index (χ0) is 19.5. The molecule has 0 saturated heterocycles. The Hall–Kier alpha value is -2.39. The van der Waals surface area contributed by atoms with Crippen molar-refractivity contribution in [1.29, 1.82) is 0 Å². The number of ether oxygens (including phenoxy) is 1. The molecule has 0 bridgehead atoms. The Morgan fingerprint density at radius 2 is 1.81 bits per heavy atom. The lowest BCUT2D eigenvalue weighted by atomic mass is 9.97. The molecule has 0 aliphatic rings.